The average Bonchev–Trinajstić information content (AvgIpc) is 3.23. The number of anilines is 4. The SMILES string of the molecule is CCn1nccc1NC(=O)[C@]1(C)CCCN1c1nc(Nc2cc(C3CC3)[nH]n2)n2cccc2n1. The van der Waals surface area contributed by atoms with Crippen LogP contribution in [0.1, 0.15) is 51.1 Å². The number of hydrogen-bond acceptors (Lipinski definition) is 7. The number of rotatable bonds is 7. The lowest BCUT2D eigenvalue weighted by Gasteiger charge is -2.34. The second-order valence-corrected chi connectivity index (χ2v) is 9.21. The summed E-state index contributed by atoms with van der Waals surface area (Å²) in [5.41, 5.74) is 1.12. The highest BCUT2D eigenvalue weighted by atomic mass is 16.2. The molecule has 1 saturated carbocycles. The molecule has 1 atom stereocenters. The molecule has 1 aliphatic heterocycles. The van der Waals surface area contributed by atoms with E-state index in [9.17, 15) is 4.79 Å². The van der Waals surface area contributed by atoms with Crippen LogP contribution in [-0.4, -0.2) is 52.3 Å². The number of carbonyl (C=O) groups excluding carboxylic acids is 1. The van der Waals surface area contributed by atoms with Crippen LogP contribution in [0.4, 0.5) is 23.5 Å². The molecule has 6 rings (SSSR count). The summed E-state index contributed by atoms with van der Waals surface area (Å²) in [6, 6.07) is 7.72. The Bertz CT molecular complexity index is 1350. The number of amides is 1. The molecule has 11 nitrogen and oxygen atoms in total. The minimum atomic E-state index is -0.781. The van der Waals surface area contributed by atoms with Crippen LogP contribution >= 0.6 is 0 Å². The van der Waals surface area contributed by atoms with Crippen molar-refractivity contribution < 1.29 is 4.79 Å². The lowest BCUT2D eigenvalue weighted by molar-refractivity contribution is -0.120. The third-order valence-electron chi connectivity index (χ3n) is 6.86. The quantitative estimate of drug-likeness (QED) is 0.387. The highest BCUT2D eigenvalue weighted by Crippen LogP contribution is 2.40. The van der Waals surface area contributed by atoms with Crippen LogP contribution < -0.4 is 15.5 Å². The van der Waals surface area contributed by atoms with Gasteiger partial charge in [0.15, 0.2) is 5.82 Å². The molecule has 4 aromatic heterocycles. The molecule has 5 heterocycles. The Hall–Kier alpha value is -3.89. The van der Waals surface area contributed by atoms with Crippen molar-refractivity contribution in [3.05, 3.63) is 42.4 Å². The maximum Gasteiger partial charge on any atom is 0.251 e. The van der Waals surface area contributed by atoms with Gasteiger partial charge in [0, 0.05) is 43.0 Å². The van der Waals surface area contributed by atoms with Gasteiger partial charge in [-0.25, -0.2) is 4.68 Å². The molecule has 1 aliphatic carbocycles. The summed E-state index contributed by atoms with van der Waals surface area (Å²) in [5, 5.41) is 18.2. The van der Waals surface area contributed by atoms with E-state index in [-0.39, 0.29) is 5.91 Å². The van der Waals surface area contributed by atoms with Crippen LogP contribution in [0, 0.1) is 0 Å². The van der Waals surface area contributed by atoms with Crippen molar-refractivity contribution in [2.75, 3.05) is 22.1 Å². The van der Waals surface area contributed by atoms with Crippen LogP contribution in [-0.2, 0) is 11.3 Å². The van der Waals surface area contributed by atoms with Gasteiger partial charge in [-0.05, 0) is 51.7 Å². The molecule has 4 aromatic rings. The fourth-order valence-corrected chi connectivity index (χ4v) is 4.71. The number of aryl methyl sites for hydroxylation is 1. The van der Waals surface area contributed by atoms with E-state index < -0.39 is 5.54 Å². The minimum absolute atomic E-state index is 0.0880. The molecular formula is C23H28N10O. The topological polar surface area (TPSA) is 121 Å². The van der Waals surface area contributed by atoms with Crippen LogP contribution in [0.5, 0.6) is 0 Å². The number of hydrogen-bond donors (Lipinski definition) is 3. The molecule has 11 heteroatoms. The summed E-state index contributed by atoms with van der Waals surface area (Å²) >= 11 is 0. The van der Waals surface area contributed by atoms with Gasteiger partial charge >= 0.3 is 0 Å². The zero-order valence-electron chi connectivity index (χ0n) is 19.3. The highest BCUT2D eigenvalue weighted by molar-refractivity contribution is 5.99. The van der Waals surface area contributed by atoms with Crippen LogP contribution in [0.3, 0.4) is 0 Å². The zero-order valence-corrected chi connectivity index (χ0v) is 19.3. The van der Waals surface area contributed by atoms with E-state index in [1.807, 2.05) is 53.6 Å². The molecular weight excluding hydrogens is 432 g/mol. The Morgan fingerprint density at radius 2 is 2.18 bits per heavy atom. The Labute approximate surface area is 196 Å². The van der Waals surface area contributed by atoms with E-state index in [0.717, 1.165) is 23.6 Å². The number of aromatic amines is 1. The molecule has 176 valence electrons. The first-order chi connectivity index (χ1) is 16.5. The summed E-state index contributed by atoms with van der Waals surface area (Å²) in [7, 11) is 0. The van der Waals surface area contributed by atoms with Crippen molar-refractivity contribution >= 4 is 35.1 Å². The molecule has 0 radical (unpaired) electrons. The van der Waals surface area contributed by atoms with E-state index in [2.05, 4.69) is 25.9 Å². The predicted octanol–water partition coefficient (Wildman–Crippen LogP) is 3.29. The van der Waals surface area contributed by atoms with E-state index in [1.54, 1.807) is 10.9 Å². The first-order valence-corrected chi connectivity index (χ1v) is 11.8. The summed E-state index contributed by atoms with van der Waals surface area (Å²) in [6.45, 7) is 5.33. The van der Waals surface area contributed by atoms with Crippen LogP contribution in [0.25, 0.3) is 5.65 Å². The van der Waals surface area contributed by atoms with Gasteiger partial charge < -0.3 is 15.5 Å². The number of fused-ring (bicyclic) bond motifs is 1. The van der Waals surface area contributed by atoms with Gasteiger partial charge in [-0.15, -0.1) is 0 Å². The predicted molar refractivity (Wildman–Crippen MR) is 128 cm³/mol. The van der Waals surface area contributed by atoms with Gasteiger partial charge in [0.2, 0.25) is 11.9 Å². The Balaban J connectivity index is 1.31. The van der Waals surface area contributed by atoms with Crippen molar-refractivity contribution in [3.63, 3.8) is 0 Å². The molecule has 34 heavy (non-hydrogen) atoms. The lowest BCUT2D eigenvalue weighted by atomic mass is 9.98. The third-order valence-corrected chi connectivity index (χ3v) is 6.86. The number of carbonyl (C=O) groups is 1. The van der Waals surface area contributed by atoms with Crippen LogP contribution in [0.15, 0.2) is 36.7 Å². The molecule has 2 aliphatic rings. The molecule has 0 spiro atoms. The fraction of sp³-hybridized carbons (Fsp3) is 0.435. The molecule has 0 unspecified atom stereocenters. The van der Waals surface area contributed by atoms with E-state index in [1.165, 1.54) is 12.8 Å². The van der Waals surface area contributed by atoms with Gasteiger partial charge in [-0.3, -0.25) is 14.3 Å². The minimum Gasteiger partial charge on any atom is -0.326 e. The zero-order chi connectivity index (χ0) is 23.3. The number of nitrogens with zero attached hydrogens (tertiary/aromatic N) is 7. The summed E-state index contributed by atoms with van der Waals surface area (Å²) < 4.78 is 3.66. The standard InChI is InChI=1S/C23H28N10O/c1-3-33-19(9-11-24-33)26-20(34)23(2)10-5-13-32(23)22-27-18-6-4-12-31(18)21(28-22)25-17-14-16(29-30-17)15-7-8-15/h4,6,9,11-12,14-15H,3,5,7-8,10,13H2,1-2H3,(H,26,34)(H2,25,27,28,29,30)/t23-/m0/s1. The van der Waals surface area contributed by atoms with Crippen molar-refractivity contribution in [2.24, 2.45) is 0 Å². The second kappa shape index (κ2) is 7.86. The molecule has 1 saturated heterocycles. The van der Waals surface area contributed by atoms with Crippen molar-refractivity contribution in [3.8, 4) is 0 Å². The summed E-state index contributed by atoms with van der Waals surface area (Å²) in [4.78, 5) is 25.1. The largest absolute Gasteiger partial charge is 0.326 e. The highest BCUT2D eigenvalue weighted by Gasteiger charge is 2.45. The van der Waals surface area contributed by atoms with Crippen molar-refractivity contribution in [1.29, 1.82) is 0 Å². The third kappa shape index (κ3) is 3.47. The summed E-state index contributed by atoms with van der Waals surface area (Å²) in [6.07, 6.45) is 7.60. The second-order valence-electron chi connectivity index (χ2n) is 9.21. The molecule has 1 amide bonds. The number of nitrogens with one attached hydrogen (secondary N) is 3. The van der Waals surface area contributed by atoms with Gasteiger partial charge in [0.25, 0.3) is 5.91 Å². The maximum absolute atomic E-state index is 13.5. The van der Waals surface area contributed by atoms with Crippen molar-refractivity contribution in [1.82, 2.24) is 34.3 Å². The maximum atomic E-state index is 13.5. The summed E-state index contributed by atoms with van der Waals surface area (Å²) in [5.74, 6) is 3.04. The smallest absolute Gasteiger partial charge is 0.251 e. The normalized spacial score (nSPS) is 20.2. The first-order valence-electron chi connectivity index (χ1n) is 11.8. The Morgan fingerprint density at radius 3 is 3.00 bits per heavy atom. The first kappa shape index (κ1) is 20.7. The monoisotopic (exact) mass is 460 g/mol. The van der Waals surface area contributed by atoms with E-state index in [4.69, 9.17) is 9.97 Å². The average molecular weight is 461 g/mol. The number of H-pyrrole nitrogens is 1. The van der Waals surface area contributed by atoms with Crippen molar-refractivity contribution in [2.45, 2.75) is 57.5 Å². The van der Waals surface area contributed by atoms with Gasteiger partial charge in [-0.2, -0.15) is 20.2 Å². The van der Waals surface area contributed by atoms with E-state index in [0.29, 0.717) is 43.1 Å². The fourth-order valence-electron chi connectivity index (χ4n) is 4.71. The molecule has 2 fully saturated rings. The Morgan fingerprint density at radius 1 is 1.29 bits per heavy atom. The van der Waals surface area contributed by atoms with Gasteiger partial charge in [0.1, 0.15) is 17.0 Å². The molecule has 3 N–H and O–H groups in total. The van der Waals surface area contributed by atoms with Gasteiger partial charge in [-0.1, -0.05) is 0 Å². The molecule has 0 bridgehead atoms. The number of aromatic nitrogens is 7. The lowest BCUT2D eigenvalue weighted by Crippen LogP contribution is -2.52. The molecule has 0 aromatic carbocycles. The van der Waals surface area contributed by atoms with Gasteiger partial charge in [0.05, 0.1) is 6.20 Å². The van der Waals surface area contributed by atoms with E-state index >= 15 is 0 Å². The van der Waals surface area contributed by atoms with Crippen LogP contribution in [0.2, 0.25) is 0 Å². The Kier molecular flexibility index (Phi) is 4.78.